The highest BCUT2D eigenvalue weighted by Crippen LogP contribution is 2.37. The van der Waals surface area contributed by atoms with Crippen LogP contribution in [0.3, 0.4) is 0 Å². The fraction of sp³-hybridized carbons (Fsp3) is 0. The Hall–Kier alpha value is -5.00. The lowest BCUT2D eigenvalue weighted by Crippen LogP contribution is -1.95. The molecule has 0 aliphatic heterocycles. The third-order valence-corrected chi connectivity index (χ3v) is 7.92. The molecule has 0 N–H and O–H groups in total. The number of fused-ring (bicyclic) bond motifs is 4. The lowest BCUT2D eigenvalue weighted by molar-refractivity contribution is 0.620. The van der Waals surface area contributed by atoms with E-state index in [1.165, 1.54) is 16.3 Å². The minimum Gasteiger partial charge on any atom is -0.436 e. The summed E-state index contributed by atoms with van der Waals surface area (Å²) in [5.74, 6) is 0.623. The molecule has 0 radical (unpaired) electrons. The van der Waals surface area contributed by atoms with Crippen LogP contribution in [-0.4, -0.2) is 14.5 Å². The van der Waals surface area contributed by atoms with Gasteiger partial charge in [-0.1, -0.05) is 54.6 Å². The first-order valence-corrected chi connectivity index (χ1v) is 13.8. The van der Waals surface area contributed by atoms with Crippen LogP contribution in [0.25, 0.3) is 72.4 Å². The topological polar surface area (TPSA) is 43.9 Å². The minimum atomic E-state index is 0.623. The van der Waals surface area contributed by atoms with Gasteiger partial charge in [-0.05, 0) is 70.9 Å². The molecule has 4 heterocycles. The molecule has 184 valence electrons. The van der Waals surface area contributed by atoms with Crippen LogP contribution in [0.4, 0.5) is 0 Å². The Balaban J connectivity index is 1.35. The first-order chi connectivity index (χ1) is 19.3. The lowest BCUT2D eigenvalue weighted by Gasteiger charge is -2.12. The number of aromatic nitrogens is 3. The molecule has 0 fully saturated rings. The Morgan fingerprint density at radius 2 is 1.56 bits per heavy atom. The number of thiophene rings is 1. The van der Waals surface area contributed by atoms with Gasteiger partial charge in [0.1, 0.15) is 5.52 Å². The van der Waals surface area contributed by atoms with Crippen LogP contribution in [0.1, 0.15) is 0 Å². The predicted molar refractivity (Wildman–Crippen MR) is 160 cm³/mol. The summed E-state index contributed by atoms with van der Waals surface area (Å²) in [7, 11) is 0. The summed E-state index contributed by atoms with van der Waals surface area (Å²) < 4.78 is 8.45. The van der Waals surface area contributed by atoms with E-state index < -0.39 is 0 Å². The van der Waals surface area contributed by atoms with Crippen molar-refractivity contribution in [1.82, 2.24) is 14.5 Å². The van der Waals surface area contributed by atoms with Gasteiger partial charge in [-0.15, -0.1) is 0 Å². The zero-order valence-corrected chi connectivity index (χ0v) is 21.6. The predicted octanol–water partition coefficient (Wildman–Crippen LogP) is 9.38. The second-order valence-corrected chi connectivity index (χ2v) is 10.3. The molecule has 0 aliphatic rings. The number of rotatable bonds is 4. The van der Waals surface area contributed by atoms with E-state index in [-0.39, 0.29) is 0 Å². The molecule has 0 saturated heterocycles. The Labute approximate surface area is 228 Å². The zero-order chi connectivity index (χ0) is 25.8. The Bertz CT molecular complexity index is 2100. The van der Waals surface area contributed by atoms with Crippen molar-refractivity contribution in [2.45, 2.75) is 0 Å². The zero-order valence-electron chi connectivity index (χ0n) is 20.8. The molecule has 8 rings (SSSR count). The van der Waals surface area contributed by atoms with Crippen molar-refractivity contribution in [3.63, 3.8) is 0 Å². The third kappa shape index (κ3) is 3.59. The Kier molecular flexibility index (Phi) is 4.96. The number of hydrogen-bond acceptors (Lipinski definition) is 4. The van der Waals surface area contributed by atoms with Crippen LogP contribution in [0.15, 0.2) is 131 Å². The molecular formula is C34H21N3OS. The first-order valence-electron chi connectivity index (χ1n) is 12.8. The normalized spacial score (nSPS) is 11.6. The summed E-state index contributed by atoms with van der Waals surface area (Å²) >= 11 is 1.70. The van der Waals surface area contributed by atoms with E-state index in [0.717, 1.165) is 50.2 Å². The highest BCUT2D eigenvalue weighted by Gasteiger charge is 2.16. The molecule has 0 bridgehead atoms. The monoisotopic (exact) mass is 519 g/mol. The molecule has 4 nitrogen and oxygen atoms in total. The molecule has 0 spiro atoms. The van der Waals surface area contributed by atoms with Gasteiger partial charge in [0.25, 0.3) is 0 Å². The van der Waals surface area contributed by atoms with Crippen LogP contribution in [0.5, 0.6) is 0 Å². The summed E-state index contributed by atoms with van der Waals surface area (Å²) in [6, 6.07) is 37.8. The fourth-order valence-corrected chi connectivity index (χ4v) is 6.11. The molecule has 0 aliphatic carbocycles. The molecular weight excluding hydrogens is 498 g/mol. The largest absolute Gasteiger partial charge is 0.436 e. The van der Waals surface area contributed by atoms with Crippen molar-refractivity contribution >= 4 is 44.2 Å². The molecule has 8 aromatic rings. The van der Waals surface area contributed by atoms with Crippen molar-refractivity contribution in [3.8, 4) is 39.5 Å². The molecule has 0 unspecified atom stereocenters. The molecule has 39 heavy (non-hydrogen) atoms. The first kappa shape index (κ1) is 22.0. The smallest absolute Gasteiger partial charge is 0.227 e. The fourth-order valence-electron chi connectivity index (χ4n) is 5.46. The van der Waals surface area contributed by atoms with E-state index in [1.807, 2.05) is 36.5 Å². The van der Waals surface area contributed by atoms with Gasteiger partial charge in [-0.2, -0.15) is 11.3 Å². The average molecular weight is 520 g/mol. The second kappa shape index (κ2) is 8.79. The number of nitrogens with zero attached hydrogens (tertiary/aromatic N) is 3. The summed E-state index contributed by atoms with van der Waals surface area (Å²) in [5.41, 5.74) is 10.3. The summed E-state index contributed by atoms with van der Waals surface area (Å²) in [4.78, 5) is 9.55. The van der Waals surface area contributed by atoms with E-state index in [1.54, 1.807) is 11.3 Å². The number of oxazole rings is 1. The van der Waals surface area contributed by atoms with E-state index in [9.17, 15) is 0 Å². The second-order valence-electron chi connectivity index (χ2n) is 9.53. The van der Waals surface area contributed by atoms with Crippen LogP contribution < -0.4 is 0 Å². The lowest BCUT2D eigenvalue weighted by atomic mass is 10.0. The van der Waals surface area contributed by atoms with E-state index >= 15 is 0 Å². The molecule has 4 aromatic heterocycles. The van der Waals surface area contributed by atoms with Crippen LogP contribution in [-0.2, 0) is 0 Å². The maximum atomic E-state index is 6.12. The van der Waals surface area contributed by atoms with Crippen LogP contribution in [0.2, 0.25) is 0 Å². The van der Waals surface area contributed by atoms with Gasteiger partial charge in [0, 0.05) is 39.3 Å². The molecule has 5 heteroatoms. The molecule has 0 saturated carbocycles. The average Bonchev–Trinajstić information content (AvgIpc) is 3.75. The number of benzene rings is 4. The van der Waals surface area contributed by atoms with Gasteiger partial charge in [-0.25, -0.2) is 4.98 Å². The highest BCUT2D eigenvalue weighted by molar-refractivity contribution is 7.08. The van der Waals surface area contributed by atoms with Gasteiger partial charge in [0.15, 0.2) is 5.58 Å². The Morgan fingerprint density at radius 3 is 2.49 bits per heavy atom. The number of pyridine rings is 1. The molecule has 0 amide bonds. The quantitative estimate of drug-likeness (QED) is 0.233. The Morgan fingerprint density at radius 1 is 0.667 bits per heavy atom. The van der Waals surface area contributed by atoms with Gasteiger partial charge < -0.3 is 8.98 Å². The SMILES string of the molecule is c1cc(-c2ncccc2-c2ccsc2)cc(-n2c3ccccc3c3ccc(-c4nc5ccccc5o4)cc32)c1. The van der Waals surface area contributed by atoms with Crippen LogP contribution >= 0.6 is 11.3 Å². The summed E-state index contributed by atoms with van der Waals surface area (Å²) in [6.45, 7) is 0. The van der Waals surface area contributed by atoms with Gasteiger partial charge in [0.2, 0.25) is 5.89 Å². The van der Waals surface area contributed by atoms with E-state index in [0.29, 0.717) is 5.89 Å². The van der Waals surface area contributed by atoms with E-state index in [2.05, 4.69) is 94.2 Å². The standard InChI is InChI=1S/C34H21N3OS/c1-3-12-30-27(9-1)28-15-14-23(34-36-29-11-2-4-13-32(29)38-34)20-31(28)37(30)25-8-5-7-22(19-25)33-26(10-6-17-35-33)24-16-18-39-21-24/h1-21H. The van der Waals surface area contributed by atoms with Crippen molar-refractivity contribution in [1.29, 1.82) is 0 Å². The van der Waals surface area contributed by atoms with Crippen molar-refractivity contribution < 1.29 is 4.42 Å². The maximum absolute atomic E-state index is 6.12. The highest BCUT2D eigenvalue weighted by atomic mass is 32.1. The van der Waals surface area contributed by atoms with Crippen molar-refractivity contribution in [2.24, 2.45) is 0 Å². The van der Waals surface area contributed by atoms with Gasteiger partial charge in [-0.3, -0.25) is 4.98 Å². The maximum Gasteiger partial charge on any atom is 0.227 e. The van der Waals surface area contributed by atoms with Gasteiger partial charge in [0.05, 0.1) is 16.7 Å². The number of hydrogen-bond donors (Lipinski definition) is 0. The van der Waals surface area contributed by atoms with Gasteiger partial charge >= 0.3 is 0 Å². The van der Waals surface area contributed by atoms with E-state index in [4.69, 9.17) is 14.4 Å². The third-order valence-electron chi connectivity index (χ3n) is 7.23. The van der Waals surface area contributed by atoms with Crippen molar-refractivity contribution in [2.75, 3.05) is 0 Å². The molecule has 4 aromatic carbocycles. The summed E-state index contributed by atoms with van der Waals surface area (Å²) in [5, 5.41) is 6.67. The van der Waals surface area contributed by atoms with Crippen LogP contribution in [0, 0.1) is 0 Å². The summed E-state index contributed by atoms with van der Waals surface area (Å²) in [6.07, 6.45) is 1.87. The minimum absolute atomic E-state index is 0.623. The number of para-hydroxylation sites is 3. The van der Waals surface area contributed by atoms with Crippen molar-refractivity contribution in [3.05, 3.63) is 126 Å². The molecule has 0 atom stereocenters.